The van der Waals surface area contributed by atoms with Crippen LogP contribution in [0.1, 0.15) is 29.5 Å². The van der Waals surface area contributed by atoms with Crippen molar-refractivity contribution in [1.29, 1.82) is 0 Å². The Morgan fingerprint density at radius 2 is 1.86 bits per heavy atom. The van der Waals surface area contributed by atoms with E-state index >= 15 is 0 Å². The third-order valence-electron chi connectivity index (χ3n) is 3.65. The zero-order valence-corrected chi connectivity index (χ0v) is 14.0. The number of hydrogen-bond donors (Lipinski definition) is 1. The molecule has 3 heteroatoms. The molecule has 1 unspecified atom stereocenters. The third kappa shape index (κ3) is 4.47. The highest BCUT2D eigenvalue weighted by Crippen LogP contribution is 2.30. The van der Waals surface area contributed by atoms with Crippen molar-refractivity contribution in [2.24, 2.45) is 0 Å². The molecule has 1 nitrogen and oxygen atoms in total. The molecule has 0 bridgehead atoms. The number of rotatable bonds is 6. The Hall–Kier alpha value is -1.02. The van der Waals surface area contributed by atoms with Crippen LogP contribution in [-0.4, -0.2) is 13.1 Å². The second-order valence-electron chi connectivity index (χ2n) is 5.34. The smallest absolute Gasteiger partial charge is 0.0624 e. The Balaban J connectivity index is 2.26. The van der Waals surface area contributed by atoms with E-state index in [1.165, 1.54) is 11.1 Å². The van der Waals surface area contributed by atoms with Gasteiger partial charge in [0, 0.05) is 12.5 Å². The van der Waals surface area contributed by atoms with Gasteiger partial charge in [0.2, 0.25) is 0 Å². The second kappa shape index (κ2) is 7.84. The Kier molecular flexibility index (Phi) is 6.10. The highest BCUT2D eigenvalue weighted by molar-refractivity contribution is 6.42. The Labute approximate surface area is 137 Å². The summed E-state index contributed by atoms with van der Waals surface area (Å²) in [4.78, 5) is 0. The van der Waals surface area contributed by atoms with Crippen LogP contribution in [0, 0.1) is 6.92 Å². The average Bonchev–Trinajstić information content (AvgIpc) is 2.47. The standard InChI is InChI=1S/C18H21Cl2N/c1-3-21-12-16(14-7-4-6-13(2)10-14)11-15-8-5-9-17(19)18(15)20/h4-10,16,21H,3,11-12H2,1-2H3. The van der Waals surface area contributed by atoms with Gasteiger partial charge in [-0.05, 0) is 37.1 Å². The van der Waals surface area contributed by atoms with Crippen LogP contribution >= 0.6 is 23.2 Å². The molecule has 1 atom stereocenters. The van der Waals surface area contributed by atoms with Crippen LogP contribution in [0.5, 0.6) is 0 Å². The van der Waals surface area contributed by atoms with E-state index in [-0.39, 0.29) is 0 Å². The van der Waals surface area contributed by atoms with Gasteiger partial charge < -0.3 is 5.32 Å². The molecule has 2 rings (SSSR count). The fraction of sp³-hybridized carbons (Fsp3) is 0.333. The molecule has 0 saturated heterocycles. The van der Waals surface area contributed by atoms with Crippen molar-refractivity contribution in [2.45, 2.75) is 26.2 Å². The lowest BCUT2D eigenvalue weighted by Crippen LogP contribution is -2.22. The Morgan fingerprint density at radius 1 is 1.10 bits per heavy atom. The van der Waals surface area contributed by atoms with E-state index in [0.29, 0.717) is 16.0 Å². The minimum Gasteiger partial charge on any atom is -0.316 e. The van der Waals surface area contributed by atoms with E-state index in [1.807, 2.05) is 12.1 Å². The second-order valence-corrected chi connectivity index (χ2v) is 6.12. The van der Waals surface area contributed by atoms with Gasteiger partial charge in [0.1, 0.15) is 0 Å². The van der Waals surface area contributed by atoms with Crippen LogP contribution in [0.25, 0.3) is 0 Å². The molecule has 0 amide bonds. The predicted molar refractivity (Wildman–Crippen MR) is 92.6 cm³/mol. The summed E-state index contributed by atoms with van der Waals surface area (Å²) in [6.45, 7) is 6.15. The van der Waals surface area contributed by atoms with Crippen molar-refractivity contribution >= 4 is 23.2 Å². The van der Waals surface area contributed by atoms with E-state index in [2.05, 4.69) is 49.5 Å². The third-order valence-corrected chi connectivity index (χ3v) is 4.51. The van der Waals surface area contributed by atoms with Crippen molar-refractivity contribution in [3.63, 3.8) is 0 Å². The van der Waals surface area contributed by atoms with Crippen molar-refractivity contribution in [1.82, 2.24) is 5.32 Å². The quantitative estimate of drug-likeness (QED) is 0.767. The van der Waals surface area contributed by atoms with Crippen LogP contribution in [0.3, 0.4) is 0 Å². The van der Waals surface area contributed by atoms with E-state index in [4.69, 9.17) is 23.2 Å². The van der Waals surface area contributed by atoms with Gasteiger partial charge in [0.05, 0.1) is 10.0 Å². The van der Waals surface area contributed by atoms with Crippen molar-refractivity contribution in [3.8, 4) is 0 Å². The van der Waals surface area contributed by atoms with Crippen molar-refractivity contribution < 1.29 is 0 Å². The normalized spacial score (nSPS) is 12.4. The number of nitrogens with one attached hydrogen (secondary N) is 1. The van der Waals surface area contributed by atoms with E-state index < -0.39 is 0 Å². The molecular formula is C18H21Cl2N. The molecule has 0 aliphatic heterocycles. The maximum atomic E-state index is 6.34. The predicted octanol–water partition coefficient (Wildman–Crippen LogP) is 5.24. The molecular weight excluding hydrogens is 301 g/mol. The molecule has 0 saturated carbocycles. The minimum absolute atomic E-state index is 0.390. The monoisotopic (exact) mass is 321 g/mol. The van der Waals surface area contributed by atoms with E-state index in [0.717, 1.165) is 25.1 Å². The van der Waals surface area contributed by atoms with Crippen LogP contribution in [-0.2, 0) is 6.42 Å². The lowest BCUT2D eigenvalue weighted by Gasteiger charge is -2.19. The molecule has 0 radical (unpaired) electrons. The van der Waals surface area contributed by atoms with Gasteiger partial charge in [0.25, 0.3) is 0 Å². The first kappa shape index (κ1) is 16.4. The topological polar surface area (TPSA) is 12.0 Å². The molecule has 0 aliphatic carbocycles. The molecule has 21 heavy (non-hydrogen) atoms. The van der Waals surface area contributed by atoms with Crippen LogP contribution in [0.4, 0.5) is 0 Å². The first-order valence-electron chi connectivity index (χ1n) is 7.32. The lowest BCUT2D eigenvalue weighted by molar-refractivity contribution is 0.595. The van der Waals surface area contributed by atoms with E-state index in [1.54, 1.807) is 0 Å². The lowest BCUT2D eigenvalue weighted by atomic mass is 9.91. The Morgan fingerprint density at radius 3 is 2.57 bits per heavy atom. The average molecular weight is 322 g/mol. The molecule has 1 N–H and O–H groups in total. The summed E-state index contributed by atoms with van der Waals surface area (Å²) in [5.41, 5.74) is 3.73. The molecule has 0 aliphatic rings. The fourth-order valence-corrected chi connectivity index (χ4v) is 2.92. The van der Waals surface area contributed by atoms with Crippen LogP contribution < -0.4 is 5.32 Å². The highest BCUT2D eigenvalue weighted by atomic mass is 35.5. The fourth-order valence-electron chi connectivity index (χ4n) is 2.52. The van der Waals surface area contributed by atoms with Gasteiger partial charge in [0.15, 0.2) is 0 Å². The van der Waals surface area contributed by atoms with Gasteiger partial charge in [-0.1, -0.05) is 72.1 Å². The molecule has 2 aromatic rings. The van der Waals surface area contributed by atoms with Gasteiger partial charge in [-0.25, -0.2) is 0 Å². The summed E-state index contributed by atoms with van der Waals surface area (Å²) >= 11 is 12.5. The largest absolute Gasteiger partial charge is 0.316 e. The van der Waals surface area contributed by atoms with Gasteiger partial charge in [-0.15, -0.1) is 0 Å². The van der Waals surface area contributed by atoms with E-state index in [9.17, 15) is 0 Å². The molecule has 2 aromatic carbocycles. The van der Waals surface area contributed by atoms with Gasteiger partial charge >= 0.3 is 0 Å². The van der Waals surface area contributed by atoms with Gasteiger partial charge in [-0.3, -0.25) is 0 Å². The molecule has 0 fully saturated rings. The van der Waals surface area contributed by atoms with Crippen LogP contribution in [0.2, 0.25) is 10.0 Å². The first-order valence-corrected chi connectivity index (χ1v) is 8.07. The summed E-state index contributed by atoms with van der Waals surface area (Å²) in [5.74, 6) is 0.390. The molecule has 112 valence electrons. The summed E-state index contributed by atoms with van der Waals surface area (Å²) < 4.78 is 0. The zero-order valence-electron chi connectivity index (χ0n) is 12.5. The summed E-state index contributed by atoms with van der Waals surface area (Å²) in [6, 6.07) is 14.5. The molecule has 0 heterocycles. The summed E-state index contributed by atoms with van der Waals surface area (Å²) in [7, 11) is 0. The number of aryl methyl sites for hydroxylation is 1. The highest BCUT2D eigenvalue weighted by Gasteiger charge is 2.15. The maximum Gasteiger partial charge on any atom is 0.0624 e. The van der Waals surface area contributed by atoms with Crippen molar-refractivity contribution in [2.75, 3.05) is 13.1 Å². The van der Waals surface area contributed by atoms with Crippen molar-refractivity contribution in [3.05, 3.63) is 69.2 Å². The number of hydrogen-bond acceptors (Lipinski definition) is 1. The maximum absolute atomic E-state index is 6.34. The summed E-state index contributed by atoms with van der Waals surface area (Å²) in [6.07, 6.45) is 0.885. The first-order chi connectivity index (χ1) is 10.1. The Bertz CT molecular complexity index is 596. The molecule has 0 aromatic heterocycles. The SMILES string of the molecule is CCNCC(Cc1cccc(Cl)c1Cl)c1cccc(C)c1. The van der Waals surface area contributed by atoms with Crippen LogP contribution in [0.15, 0.2) is 42.5 Å². The zero-order chi connectivity index (χ0) is 15.2. The summed E-state index contributed by atoms with van der Waals surface area (Å²) in [5, 5.41) is 4.74. The minimum atomic E-state index is 0.390. The van der Waals surface area contributed by atoms with Gasteiger partial charge in [-0.2, -0.15) is 0 Å². The molecule has 0 spiro atoms. The number of likely N-dealkylation sites (N-methyl/N-ethyl adjacent to an activating group) is 1. The number of halogens is 2. The number of benzene rings is 2.